The highest BCUT2D eigenvalue weighted by molar-refractivity contribution is 7.21. The van der Waals surface area contributed by atoms with Crippen molar-refractivity contribution in [3.05, 3.63) is 33.7 Å². The van der Waals surface area contributed by atoms with Gasteiger partial charge in [0.15, 0.2) is 0 Å². The van der Waals surface area contributed by atoms with Crippen LogP contribution in [0.4, 0.5) is 0 Å². The second-order valence-corrected chi connectivity index (χ2v) is 6.85. The maximum atomic E-state index is 12.3. The number of carbonyl (C=O) groups is 1. The van der Waals surface area contributed by atoms with Crippen LogP contribution in [0.25, 0.3) is 10.1 Å². The Morgan fingerprint density at radius 3 is 2.81 bits per heavy atom. The molecule has 3 rings (SSSR count). The smallest absolute Gasteiger partial charge is 0.266 e. The highest BCUT2D eigenvalue weighted by atomic mass is 35.5. The SMILES string of the molecule is Cc1ccc2c(Cl)c(C(=O)NN=C3CCCCC3)sc2c1. The molecule has 110 valence electrons. The molecule has 0 bridgehead atoms. The number of hydrogen-bond acceptors (Lipinski definition) is 3. The first-order valence-electron chi connectivity index (χ1n) is 7.19. The molecule has 1 saturated carbocycles. The van der Waals surface area contributed by atoms with Crippen molar-refractivity contribution in [1.29, 1.82) is 0 Å². The van der Waals surface area contributed by atoms with E-state index in [9.17, 15) is 4.79 Å². The van der Waals surface area contributed by atoms with Gasteiger partial charge in [-0.2, -0.15) is 5.10 Å². The first kappa shape index (κ1) is 14.5. The molecule has 3 nitrogen and oxygen atoms in total. The molecule has 0 aliphatic heterocycles. The van der Waals surface area contributed by atoms with Crippen LogP contribution in [0.2, 0.25) is 5.02 Å². The van der Waals surface area contributed by atoms with Crippen LogP contribution < -0.4 is 5.43 Å². The van der Waals surface area contributed by atoms with Gasteiger partial charge in [-0.05, 0) is 44.2 Å². The van der Waals surface area contributed by atoms with Gasteiger partial charge in [-0.3, -0.25) is 4.79 Å². The first-order valence-corrected chi connectivity index (χ1v) is 8.39. The molecule has 1 aromatic carbocycles. The van der Waals surface area contributed by atoms with Gasteiger partial charge in [0, 0.05) is 15.8 Å². The molecule has 5 heteroatoms. The lowest BCUT2D eigenvalue weighted by Gasteiger charge is -2.11. The predicted octanol–water partition coefficient (Wildman–Crippen LogP) is 4.91. The average Bonchev–Trinajstić information content (AvgIpc) is 2.82. The number of halogens is 1. The van der Waals surface area contributed by atoms with E-state index in [1.54, 1.807) is 0 Å². The van der Waals surface area contributed by atoms with E-state index in [-0.39, 0.29) is 5.91 Å². The zero-order chi connectivity index (χ0) is 14.8. The predicted molar refractivity (Wildman–Crippen MR) is 89.6 cm³/mol. The number of rotatable bonds is 2. The number of thiophene rings is 1. The maximum absolute atomic E-state index is 12.3. The minimum atomic E-state index is -0.211. The molecule has 1 heterocycles. The van der Waals surface area contributed by atoms with Crippen LogP contribution in [0.5, 0.6) is 0 Å². The van der Waals surface area contributed by atoms with Gasteiger partial charge in [0.05, 0.1) is 5.02 Å². The van der Waals surface area contributed by atoms with Crippen LogP contribution >= 0.6 is 22.9 Å². The van der Waals surface area contributed by atoms with Crippen molar-refractivity contribution in [3.8, 4) is 0 Å². The summed E-state index contributed by atoms with van der Waals surface area (Å²) in [6.07, 6.45) is 5.56. The van der Waals surface area contributed by atoms with E-state index in [4.69, 9.17) is 11.6 Å². The largest absolute Gasteiger partial charge is 0.283 e. The molecule has 1 aliphatic rings. The standard InChI is InChI=1S/C16H17ClN2OS/c1-10-7-8-12-13(9-10)21-15(14(12)17)16(20)19-18-11-5-3-2-4-6-11/h7-9H,2-6H2,1H3,(H,19,20). The Morgan fingerprint density at radius 1 is 1.29 bits per heavy atom. The van der Waals surface area contributed by atoms with Crippen LogP contribution in [-0.4, -0.2) is 11.6 Å². The summed E-state index contributed by atoms with van der Waals surface area (Å²) in [4.78, 5) is 12.8. The summed E-state index contributed by atoms with van der Waals surface area (Å²) >= 11 is 7.75. The van der Waals surface area contributed by atoms with E-state index in [2.05, 4.69) is 16.6 Å². The topological polar surface area (TPSA) is 41.5 Å². The summed E-state index contributed by atoms with van der Waals surface area (Å²) in [7, 11) is 0. The summed E-state index contributed by atoms with van der Waals surface area (Å²) in [5.41, 5.74) is 4.91. The van der Waals surface area contributed by atoms with Gasteiger partial charge in [0.2, 0.25) is 0 Å². The molecular weight excluding hydrogens is 304 g/mol. The zero-order valence-corrected chi connectivity index (χ0v) is 13.5. The van der Waals surface area contributed by atoms with Crippen molar-refractivity contribution in [3.63, 3.8) is 0 Å². The summed E-state index contributed by atoms with van der Waals surface area (Å²) in [6, 6.07) is 6.02. The lowest BCUT2D eigenvalue weighted by Crippen LogP contribution is -2.20. The third kappa shape index (κ3) is 3.11. The molecule has 1 aliphatic carbocycles. The Labute approximate surface area is 133 Å². The van der Waals surface area contributed by atoms with Crippen LogP contribution in [0, 0.1) is 6.92 Å². The first-order chi connectivity index (χ1) is 10.1. The number of amides is 1. The fourth-order valence-electron chi connectivity index (χ4n) is 2.57. The van der Waals surface area contributed by atoms with Crippen molar-refractivity contribution in [2.45, 2.75) is 39.0 Å². The Morgan fingerprint density at radius 2 is 2.05 bits per heavy atom. The number of carbonyl (C=O) groups excluding carboxylic acids is 1. The second-order valence-electron chi connectivity index (χ2n) is 5.42. The molecule has 0 saturated heterocycles. The normalized spacial score (nSPS) is 15.2. The number of hydrogen-bond donors (Lipinski definition) is 1. The van der Waals surface area contributed by atoms with Crippen LogP contribution in [0.3, 0.4) is 0 Å². The Hall–Kier alpha value is -1.39. The van der Waals surface area contributed by atoms with Gasteiger partial charge in [0.1, 0.15) is 4.88 Å². The molecule has 1 amide bonds. The highest BCUT2D eigenvalue weighted by Crippen LogP contribution is 2.35. The lowest BCUT2D eigenvalue weighted by atomic mass is 9.99. The van der Waals surface area contributed by atoms with E-state index in [1.807, 2.05) is 19.1 Å². The molecule has 2 aromatic rings. The average molecular weight is 321 g/mol. The van der Waals surface area contributed by atoms with Crippen molar-refractivity contribution < 1.29 is 4.79 Å². The minimum Gasteiger partial charge on any atom is -0.266 e. The number of nitrogens with zero attached hydrogens (tertiary/aromatic N) is 1. The van der Waals surface area contributed by atoms with Gasteiger partial charge in [-0.1, -0.05) is 30.2 Å². The Balaban J connectivity index is 1.82. The molecular formula is C16H17ClN2OS. The van der Waals surface area contributed by atoms with Crippen LogP contribution in [0.1, 0.15) is 47.3 Å². The van der Waals surface area contributed by atoms with E-state index >= 15 is 0 Å². The molecule has 0 spiro atoms. The third-order valence-electron chi connectivity index (χ3n) is 3.74. The highest BCUT2D eigenvalue weighted by Gasteiger charge is 2.17. The van der Waals surface area contributed by atoms with E-state index in [0.717, 1.165) is 47.0 Å². The molecule has 1 N–H and O–H groups in total. The van der Waals surface area contributed by atoms with Crippen LogP contribution in [-0.2, 0) is 0 Å². The summed E-state index contributed by atoms with van der Waals surface area (Å²) in [5, 5.41) is 5.71. The maximum Gasteiger partial charge on any atom is 0.283 e. The molecule has 0 atom stereocenters. The fourth-order valence-corrected chi connectivity index (χ4v) is 4.08. The zero-order valence-electron chi connectivity index (χ0n) is 11.9. The summed E-state index contributed by atoms with van der Waals surface area (Å²) in [6.45, 7) is 2.03. The number of aryl methyl sites for hydroxylation is 1. The minimum absolute atomic E-state index is 0.211. The number of nitrogens with one attached hydrogen (secondary N) is 1. The van der Waals surface area contributed by atoms with E-state index < -0.39 is 0 Å². The van der Waals surface area contributed by atoms with E-state index in [0.29, 0.717) is 9.90 Å². The lowest BCUT2D eigenvalue weighted by molar-refractivity contribution is 0.0959. The van der Waals surface area contributed by atoms with Crippen molar-refractivity contribution >= 4 is 44.6 Å². The van der Waals surface area contributed by atoms with Crippen molar-refractivity contribution in [2.75, 3.05) is 0 Å². The number of hydrazone groups is 1. The Kier molecular flexibility index (Phi) is 4.27. The molecule has 1 fully saturated rings. The summed E-state index contributed by atoms with van der Waals surface area (Å²) in [5.74, 6) is -0.211. The monoisotopic (exact) mass is 320 g/mol. The second kappa shape index (κ2) is 6.16. The van der Waals surface area contributed by atoms with Crippen molar-refractivity contribution in [2.24, 2.45) is 5.10 Å². The Bertz CT molecular complexity index is 712. The molecule has 1 aromatic heterocycles. The quantitative estimate of drug-likeness (QED) is 0.784. The van der Waals surface area contributed by atoms with Gasteiger partial charge < -0.3 is 0 Å². The molecule has 21 heavy (non-hydrogen) atoms. The van der Waals surface area contributed by atoms with Gasteiger partial charge in [-0.15, -0.1) is 11.3 Å². The summed E-state index contributed by atoms with van der Waals surface area (Å²) < 4.78 is 1.04. The van der Waals surface area contributed by atoms with Gasteiger partial charge in [0.25, 0.3) is 5.91 Å². The van der Waals surface area contributed by atoms with Gasteiger partial charge in [-0.25, -0.2) is 5.43 Å². The van der Waals surface area contributed by atoms with Gasteiger partial charge >= 0.3 is 0 Å². The van der Waals surface area contributed by atoms with Crippen molar-refractivity contribution in [1.82, 2.24) is 5.43 Å². The fraction of sp³-hybridized carbons (Fsp3) is 0.375. The van der Waals surface area contributed by atoms with E-state index in [1.165, 1.54) is 17.8 Å². The third-order valence-corrected chi connectivity index (χ3v) is 5.39. The number of fused-ring (bicyclic) bond motifs is 1. The van der Waals surface area contributed by atoms with Crippen LogP contribution in [0.15, 0.2) is 23.3 Å². The number of benzene rings is 1. The molecule has 0 radical (unpaired) electrons. The molecule has 0 unspecified atom stereocenters.